The Hall–Kier alpha value is -8.73. The molecule has 2 aliphatic heterocycles. The molecule has 0 spiro atoms. The van der Waals surface area contributed by atoms with Crippen molar-refractivity contribution in [1.29, 1.82) is 0 Å². The van der Waals surface area contributed by atoms with Crippen LogP contribution < -0.4 is 31.3 Å². The van der Waals surface area contributed by atoms with Gasteiger partial charge in [0.2, 0.25) is 11.8 Å². The number of nitrogens with zero attached hydrogens (tertiary/aromatic N) is 3. The number of aliphatic hydroxyl groups is 6. The number of hydrogen-bond acceptors (Lipinski definition) is 29. The van der Waals surface area contributed by atoms with E-state index in [1.54, 1.807) is 48.5 Å². The number of benzene rings is 5. The monoisotopic (exact) mass is 1670 g/mol. The normalized spacial score (nSPS) is 20.1. The van der Waals surface area contributed by atoms with Crippen LogP contribution in [0.1, 0.15) is 93.8 Å². The minimum atomic E-state index is -2.30. The number of methoxy groups -OCH3 is 2. The van der Waals surface area contributed by atoms with E-state index >= 15 is 0 Å². The summed E-state index contributed by atoms with van der Waals surface area (Å²) < 4.78 is 68.1. The molecule has 7 rings (SSSR count). The zero-order valence-corrected chi connectivity index (χ0v) is 67.6. The van der Waals surface area contributed by atoms with Crippen LogP contribution >= 0.6 is 23.5 Å². The second-order valence-electron chi connectivity index (χ2n) is 27.1. The maximum absolute atomic E-state index is 14.0. The van der Waals surface area contributed by atoms with Crippen LogP contribution in [0.4, 0.5) is 0 Å². The van der Waals surface area contributed by atoms with Gasteiger partial charge in [-0.3, -0.25) is 28.8 Å². The van der Waals surface area contributed by atoms with Crippen molar-refractivity contribution in [3.63, 3.8) is 0 Å². The molecule has 11 N–H and O–H groups in total. The van der Waals surface area contributed by atoms with E-state index in [0.717, 1.165) is 36.5 Å². The number of carbonyl (C=O) groups excluding carboxylic acids is 8. The number of rotatable bonds is 54. The van der Waals surface area contributed by atoms with Crippen molar-refractivity contribution in [2.45, 2.75) is 125 Å². The maximum atomic E-state index is 14.0. The lowest BCUT2D eigenvalue weighted by Gasteiger charge is -2.47. The molecule has 0 saturated carbocycles. The molecule has 640 valence electrons. The van der Waals surface area contributed by atoms with Crippen LogP contribution in [0, 0.1) is 0 Å². The summed E-state index contributed by atoms with van der Waals surface area (Å²) in [6.45, 7) is 4.48. The van der Waals surface area contributed by atoms with Crippen molar-refractivity contribution in [2.24, 2.45) is 5.11 Å². The summed E-state index contributed by atoms with van der Waals surface area (Å²) in [7, 11) is 2.15. The van der Waals surface area contributed by atoms with Crippen molar-refractivity contribution in [1.82, 2.24) is 26.6 Å². The Morgan fingerprint density at radius 3 is 1.32 bits per heavy atom. The first kappa shape index (κ1) is 95.4. The largest absolute Gasteiger partial charge is 0.490 e. The fourth-order valence-corrected chi connectivity index (χ4v) is 14.2. The van der Waals surface area contributed by atoms with Crippen molar-refractivity contribution < 1.29 is 126 Å². The smallest absolute Gasteiger partial charge is 0.366 e. The lowest BCUT2D eigenvalue weighted by atomic mass is 9.88. The zero-order valence-electron chi connectivity index (χ0n) is 66.0. The number of Topliss-reactive ketones (excluding diaryl/α,β-unsaturated/α-hetero) is 1. The second-order valence-corrected chi connectivity index (χ2v) is 29.5. The van der Waals surface area contributed by atoms with E-state index < -0.39 is 140 Å². The molecule has 5 amide bonds. The highest BCUT2D eigenvalue weighted by Gasteiger charge is 2.58. The van der Waals surface area contributed by atoms with Crippen LogP contribution in [0.3, 0.4) is 0 Å². The number of esters is 2. The Morgan fingerprint density at radius 2 is 0.897 bits per heavy atom. The maximum Gasteiger partial charge on any atom is 0.366 e. The quantitative estimate of drug-likeness (QED) is 0.00651. The van der Waals surface area contributed by atoms with Gasteiger partial charge in [-0.15, -0.1) is 0 Å². The predicted octanol–water partition coefficient (Wildman–Crippen LogP) is 4.12. The summed E-state index contributed by atoms with van der Waals surface area (Å²) in [4.78, 5) is 108. The van der Waals surface area contributed by atoms with E-state index in [4.69, 9.17) is 62.4 Å². The molecule has 2 aliphatic rings. The van der Waals surface area contributed by atoms with E-state index in [1.165, 1.54) is 55.6 Å². The lowest BCUT2D eigenvalue weighted by molar-refractivity contribution is -0.311. The number of thioether (sulfide) groups is 2. The molecule has 2 heterocycles. The lowest BCUT2D eigenvalue weighted by Crippen LogP contribution is -2.68. The third kappa shape index (κ3) is 31.2. The van der Waals surface area contributed by atoms with Gasteiger partial charge in [0, 0.05) is 86.6 Å². The van der Waals surface area contributed by atoms with Crippen LogP contribution in [0.2, 0.25) is 0 Å². The van der Waals surface area contributed by atoms with Gasteiger partial charge in [-0.05, 0) is 107 Å². The number of amides is 5. The van der Waals surface area contributed by atoms with Gasteiger partial charge in [0.25, 0.3) is 29.3 Å². The molecule has 36 heteroatoms. The van der Waals surface area contributed by atoms with Crippen molar-refractivity contribution in [3.8, 4) is 28.0 Å². The molecule has 2 saturated heterocycles. The second kappa shape index (κ2) is 51.6. The van der Waals surface area contributed by atoms with Gasteiger partial charge in [0.05, 0.1) is 136 Å². The number of carbonyl (C=O) groups is 8. The molecular formula is C81H108N8O26S2. The van der Waals surface area contributed by atoms with Gasteiger partial charge in [-0.25, -0.2) is 9.59 Å². The van der Waals surface area contributed by atoms with Gasteiger partial charge >= 0.3 is 11.9 Å². The Bertz CT molecular complexity index is 3940. The third-order valence-electron chi connectivity index (χ3n) is 18.5. The summed E-state index contributed by atoms with van der Waals surface area (Å²) in [5.74, 6) is -7.82. The Morgan fingerprint density at radius 1 is 0.504 bits per heavy atom. The number of ether oxygens (including phenoxy) is 12. The van der Waals surface area contributed by atoms with Crippen molar-refractivity contribution in [3.05, 3.63) is 160 Å². The Balaban J connectivity index is 0.875. The number of azide groups is 1. The molecule has 117 heavy (non-hydrogen) atoms. The molecule has 2 fully saturated rings. The molecule has 0 unspecified atom stereocenters. The molecule has 0 aromatic heterocycles. The summed E-state index contributed by atoms with van der Waals surface area (Å²) in [5.41, 5.74) is 12.9. The van der Waals surface area contributed by atoms with Gasteiger partial charge in [-0.2, -0.15) is 23.5 Å². The number of ketones is 1. The molecule has 0 radical (unpaired) electrons. The van der Waals surface area contributed by atoms with E-state index in [2.05, 4.69) is 36.6 Å². The average molecular weight is 1670 g/mol. The highest BCUT2D eigenvalue weighted by molar-refractivity contribution is 7.99. The standard InChI is InChI=1S/C81H108N8O26S2/c1-53(90)87-69-64(93)49-80(78(102)104-3,114-73(69)71(97)66(95)51-84-75(99)59-23-19-57(20-24-59)55-14-7-5-8-15-55)112-31-12-45-116-44-11-18-63(92)62-28-27-61(48-68(62)111-43-42-110-41-40-109-39-38-108-37-36-107-35-34-106-33-29-86-89-82)77(101)83-30-47-117-46-13-32-113-81(79(103)105-4)50-65(94)70(88-54(2)91)74(115-81)72(98)67(96)52-85-76(100)60-25-21-58(22-26-60)56-16-9-6-10-17-56/h5-10,14-17,19-28,48,64-67,69-74,93-98H,11-13,18,29-47,49-52H2,1-4H3,(H,83,101)(H,84,99)(H,85,100)(H,87,90)(H,88,91)/t64-,65-,66+,67+,69+,70+,71+,72+,73+,74+,80+,81+/m0/s1. The van der Waals surface area contributed by atoms with E-state index in [0.29, 0.717) is 88.5 Å². The fourth-order valence-electron chi connectivity index (χ4n) is 12.5. The first-order chi connectivity index (χ1) is 56.5. The number of nitrogens with one attached hydrogen (secondary N) is 5. The van der Waals surface area contributed by atoms with Crippen LogP contribution in [0.15, 0.2) is 133 Å². The summed E-state index contributed by atoms with van der Waals surface area (Å²) in [6.07, 6.45) is -13.6. The van der Waals surface area contributed by atoms with E-state index in [9.17, 15) is 69.0 Å². The third-order valence-corrected chi connectivity index (χ3v) is 20.7. The van der Waals surface area contributed by atoms with Crippen molar-refractivity contribution >= 4 is 70.8 Å². The Labute approximate surface area is 687 Å². The SMILES string of the molecule is COC(=O)[C@@]1(OCCCSCCCC(=O)c2ccc(C(=O)NCCSCCCO[C@]3(C(=O)OC)C[C@H](O)[C@@H](NC(C)=O)[C@H]([C@H](O)[C@H](O)CNC(=O)c4ccc(-c5ccccc5)cc4)O3)cc2OCCOCCOCCOCCOCCOCCN=[N+]=[N-])C[C@H](O)[C@@H](NC(C)=O)[C@H]([C@H](O)[C@H](O)CNC(=O)c2ccc(-c3ccccc3)cc2)O1. The summed E-state index contributed by atoms with van der Waals surface area (Å²) >= 11 is 2.92. The van der Waals surface area contributed by atoms with Crippen LogP contribution in [-0.2, 0) is 71.3 Å². The molecule has 12 atom stereocenters. The zero-order chi connectivity index (χ0) is 84.4. The Kier molecular flexibility index (Phi) is 42.1. The first-order valence-corrected chi connectivity index (χ1v) is 40.8. The number of aliphatic hydroxyl groups excluding tert-OH is 6. The van der Waals surface area contributed by atoms with Crippen LogP contribution in [0.25, 0.3) is 32.7 Å². The average Bonchev–Trinajstić information content (AvgIpc) is 0.769. The summed E-state index contributed by atoms with van der Waals surface area (Å²) in [5, 5.41) is 84.9. The molecule has 34 nitrogen and oxygen atoms in total. The predicted molar refractivity (Wildman–Crippen MR) is 430 cm³/mol. The van der Waals surface area contributed by atoms with Crippen LogP contribution in [-0.4, -0.2) is 300 Å². The van der Waals surface area contributed by atoms with Gasteiger partial charge < -0.3 is 114 Å². The minimum absolute atomic E-state index is 0.00216. The summed E-state index contributed by atoms with van der Waals surface area (Å²) in [6, 6.07) is 34.4. The topological polar surface area (TPSA) is 478 Å². The molecule has 0 aliphatic carbocycles. The molecule has 0 bridgehead atoms. The highest BCUT2D eigenvalue weighted by atomic mass is 32.2. The first-order valence-electron chi connectivity index (χ1n) is 38.5. The van der Waals surface area contributed by atoms with E-state index in [1.807, 2.05) is 60.7 Å². The van der Waals surface area contributed by atoms with E-state index in [-0.39, 0.29) is 92.9 Å². The molecular weight excluding hydrogens is 1570 g/mol. The van der Waals surface area contributed by atoms with Gasteiger partial charge in [0.15, 0.2) is 5.78 Å². The van der Waals surface area contributed by atoms with Crippen LogP contribution in [0.5, 0.6) is 5.75 Å². The van der Waals surface area contributed by atoms with Gasteiger partial charge in [-0.1, -0.05) is 90.0 Å². The highest BCUT2D eigenvalue weighted by Crippen LogP contribution is 2.37. The minimum Gasteiger partial charge on any atom is -0.490 e. The van der Waals surface area contributed by atoms with Gasteiger partial charge in [0.1, 0.15) is 36.8 Å². The molecule has 5 aromatic rings. The fraction of sp³-hybridized carbons (Fsp3) is 0.531. The van der Waals surface area contributed by atoms with Crippen molar-refractivity contribution in [2.75, 3.05) is 149 Å². The molecule has 5 aromatic carbocycles. The number of hydrogen-bond donors (Lipinski definition) is 11.